The predicted molar refractivity (Wildman–Crippen MR) is 104 cm³/mol. The van der Waals surface area contributed by atoms with Crippen molar-refractivity contribution in [2.75, 3.05) is 18.4 Å². The number of carbonyl (C=O) groups excluding carboxylic acids is 1. The van der Waals surface area contributed by atoms with Gasteiger partial charge in [0.05, 0.1) is 5.56 Å². The summed E-state index contributed by atoms with van der Waals surface area (Å²) in [5.41, 5.74) is 1.01. The van der Waals surface area contributed by atoms with Crippen molar-refractivity contribution in [3.05, 3.63) is 54.1 Å². The number of hydrogen-bond donors (Lipinski definition) is 1. The van der Waals surface area contributed by atoms with E-state index in [2.05, 4.69) is 20.7 Å². The maximum absolute atomic E-state index is 12.8. The van der Waals surface area contributed by atoms with Crippen LogP contribution in [0.4, 0.5) is 24.5 Å². The maximum atomic E-state index is 12.8. The Hall–Kier alpha value is -3.27. The molecule has 0 spiro atoms. The molecule has 2 heterocycles. The second-order valence-electron chi connectivity index (χ2n) is 6.97. The van der Waals surface area contributed by atoms with Gasteiger partial charge in [-0.3, -0.25) is 9.69 Å². The smallest absolute Gasteiger partial charge is 0.355 e. The molecule has 0 aliphatic carbocycles. The molecular weight excluding hydrogens is 397 g/mol. The topological polar surface area (TPSA) is 75.9 Å². The third kappa shape index (κ3) is 4.18. The van der Waals surface area contributed by atoms with Gasteiger partial charge in [-0.1, -0.05) is 12.1 Å². The molecule has 1 N–H and O–H groups in total. The Morgan fingerprint density at radius 1 is 1.03 bits per heavy atom. The molecule has 1 aliphatic heterocycles. The fourth-order valence-corrected chi connectivity index (χ4v) is 3.42. The molecule has 0 radical (unpaired) electrons. The molecule has 1 saturated heterocycles. The number of hydrogen-bond acceptors (Lipinski definition) is 6. The molecule has 4 rings (SSSR count). The van der Waals surface area contributed by atoms with Crippen LogP contribution in [0.5, 0.6) is 0 Å². The molecule has 2 aromatic carbocycles. The summed E-state index contributed by atoms with van der Waals surface area (Å²) < 4.78 is 38.3. The van der Waals surface area contributed by atoms with Gasteiger partial charge in [0.1, 0.15) is 0 Å². The molecule has 3 aromatic rings. The quantitative estimate of drug-likeness (QED) is 0.615. The van der Waals surface area contributed by atoms with E-state index < -0.39 is 17.9 Å². The fourth-order valence-electron chi connectivity index (χ4n) is 3.42. The molecule has 1 fully saturated rings. The van der Waals surface area contributed by atoms with Crippen molar-refractivity contribution in [1.29, 1.82) is 0 Å². The Bertz CT molecular complexity index is 1010. The normalized spacial score (nSPS) is 15.8. The molecule has 1 aliphatic rings. The molecule has 1 atom stereocenters. The zero-order valence-electron chi connectivity index (χ0n) is 15.9. The summed E-state index contributed by atoms with van der Waals surface area (Å²) in [4.78, 5) is 14.9. The first-order valence-corrected chi connectivity index (χ1v) is 9.48. The van der Waals surface area contributed by atoms with Gasteiger partial charge in [-0.2, -0.15) is 13.2 Å². The number of carbonyl (C=O) groups is 1. The minimum Gasteiger partial charge on any atom is -0.355 e. The second kappa shape index (κ2) is 8.23. The summed E-state index contributed by atoms with van der Waals surface area (Å²) in [5.74, 6) is 0.316. The van der Waals surface area contributed by atoms with Crippen molar-refractivity contribution in [2.45, 2.75) is 25.2 Å². The predicted octanol–water partition coefficient (Wildman–Crippen LogP) is 3.90. The van der Waals surface area contributed by atoms with Gasteiger partial charge in [0.2, 0.25) is 5.82 Å². The lowest BCUT2D eigenvalue weighted by Crippen LogP contribution is -2.32. The van der Waals surface area contributed by atoms with Gasteiger partial charge in [-0.15, -0.1) is 15.0 Å². The number of aromatic nitrogens is 4. The number of rotatable bonds is 6. The van der Waals surface area contributed by atoms with Crippen LogP contribution in [0.3, 0.4) is 0 Å². The first-order valence-electron chi connectivity index (χ1n) is 9.48. The van der Waals surface area contributed by atoms with Crippen molar-refractivity contribution in [3.63, 3.8) is 0 Å². The third-order valence-electron chi connectivity index (χ3n) is 4.96. The van der Waals surface area contributed by atoms with Crippen LogP contribution in [0.1, 0.15) is 24.6 Å². The highest BCUT2D eigenvalue weighted by molar-refractivity contribution is 5.77. The number of anilines is 2. The van der Waals surface area contributed by atoms with Gasteiger partial charge in [0, 0.05) is 30.0 Å². The van der Waals surface area contributed by atoms with Crippen molar-refractivity contribution < 1.29 is 18.0 Å². The Kier molecular flexibility index (Phi) is 5.49. The van der Waals surface area contributed by atoms with Crippen LogP contribution in [-0.4, -0.2) is 44.5 Å². The van der Waals surface area contributed by atoms with Gasteiger partial charge in [0.25, 0.3) is 0 Å². The summed E-state index contributed by atoms with van der Waals surface area (Å²) in [6.45, 7) is 1.60. The molecule has 156 valence electrons. The van der Waals surface area contributed by atoms with E-state index in [-0.39, 0.29) is 0 Å². The van der Waals surface area contributed by atoms with E-state index >= 15 is 0 Å². The highest BCUT2D eigenvalue weighted by Crippen LogP contribution is 2.32. The largest absolute Gasteiger partial charge is 0.416 e. The van der Waals surface area contributed by atoms with Crippen LogP contribution in [-0.2, 0) is 11.0 Å². The van der Waals surface area contributed by atoms with Crippen molar-refractivity contribution in [2.24, 2.45) is 0 Å². The number of nitrogens with zero attached hydrogens (tertiary/aromatic N) is 5. The Balaban J connectivity index is 1.58. The second-order valence-corrected chi connectivity index (χ2v) is 6.97. The molecule has 1 aromatic heterocycles. The van der Waals surface area contributed by atoms with Gasteiger partial charge < -0.3 is 5.32 Å². The van der Waals surface area contributed by atoms with Crippen LogP contribution >= 0.6 is 0 Å². The molecular formula is C20H19F3N6O. The summed E-state index contributed by atoms with van der Waals surface area (Å²) >= 11 is 0. The van der Waals surface area contributed by atoms with Crippen LogP contribution < -0.4 is 5.32 Å². The summed E-state index contributed by atoms with van der Waals surface area (Å²) in [7, 11) is 0. The summed E-state index contributed by atoms with van der Waals surface area (Å²) in [6, 6.07) is 11.9. The highest BCUT2D eigenvalue weighted by atomic mass is 19.4. The number of para-hydroxylation sites is 1. The minimum absolute atomic E-state index is 0.316. The van der Waals surface area contributed by atoms with Crippen molar-refractivity contribution in [1.82, 2.24) is 25.1 Å². The van der Waals surface area contributed by atoms with E-state index in [1.807, 2.05) is 4.90 Å². The number of likely N-dealkylation sites (tertiary alicyclic amines) is 1. The summed E-state index contributed by atoms with van der Waals surface area (Å²) in [5, 5.41) is 15.6. The Morgan fingerprint density at radius 2 is 1.73 bits per heavy atom. The van der Waals surface area contributed by atoms with Gasteiger partial charge in [0.15, 0.2) is 12.5 Å². The molecule has 0 unspecified atom stereocenters. The Morgan fingerprint density at radius 3 is 2.40 bits per heavy atom. The fraction of sp³-hybridized carbons (Fsp3) is 0.300. The van der Waals surface area contributed by atoms with E-state index in [0.717, 1.165) is 44.4 Å². The monoisotopic (exact) mass is 416 g/mol. The summed E-state index contributed by atoms with van der Waals surface area (Å²) in [6.07, 6.45) is -2.16. The van der Waals surface area contributed by atoms with Crippen molar-refractivity contribution >= 4 is 17.7 Å². The lowest BCUT2D eigenvalue weighted by Gasteiger charge is -2.20. The average molecular weight is 416 g/mol. The average Bonchev–Trinajstić information content (AvgIpc) is 3.42. The first kappa shape index (κ1) is 20.0. The van der Waals surface area contributed by atoms with Gasteiger partial charge >= 0.3 is 6.18 Å². The van der Waals surface area contributed by atoms with Gasteiger partial charge in [-0.25, -0.2) is 0 Å². The Labute approximate surface area is 170 Å². The number of tetrazole rings is 1. The van der Waals surface area contributed by atoms with E-state index in [4.69, 9.17) is 0 Å². The number of benzene rings is 2. The molecule has 7 nitrogen and oxygen atoms in total. The van der Waals surface area contributed by atoms with E-state index in [1.54, 1.807) is 24.3 Å². The first-order chi connectivity index (χ1) is 14.5. The molecule has 0 amide bonds. The number of halogens is 3. The minimum atomic E-state index is -4.39. The molecule has 0 saturated carbocycles. The van der Waals surface area contributed by atoms with Crippen LogP contribution in [0.2, 0.25) is 0 Å². The van der Waals surface area contributed by atoms with Crippen LogP contribution in [0.15, 0.2) is 48.5 Å². The van der Waals surface area contributed by atoms with Crippen molar-refractivity contribution in [3.8, 4) is 11.4 Å². The highest BCUT2D eigenvalue weighted by Gasteiger charge is 2.30. The van der Waals surface area contributed by atoms with Crippen LogP contribution in [0.25, 0.3) is 11.4 Å². The van der Waals surface area contributed by atoms with Crippen LogP contribution in [0, 0.1) is 0 Å². The zero-order valence-corrected chi connectivity index (χ0v) is 15.9. The molecule has 0 bridgehead atoms. The van der Waals surface area contributed by atoms with E-state index in [1.165, 1.54) is 16.9 Å². The van der Waals surface area contributed by atoms with Gasteiger partial charge in [-0.05, 0) is 54.5 Å². The molecule has 30 heavy (non-hydrogen) atoms. The SMILES string of the molecule is O=C[C@@H](N1CCCC1)n1nnc(-c2ccccc2Nc2ccc(C(F)(F)F)cc2)n1. The van der Waals surface area contributed by atoms with E-state index in [9.17, 15) is 18.0 Å². The number of alkyl halides is 3. The third-order valence-corrected chi connectivity index (χ3v) is 4.96. The zero-order chi connectivity index (χ0) is 21.1. The number of nitrogens with one attached hydrogen (secondary N) is 1. The standard InChI is InChI=1S/C20H19F3N6O/c21-20(22,23)14-7-9-15(10-8-14)24-17-6-2-1-5-16(17)19-25-27-29(26-19)18(13-30)28-11-3-4-12-28/h1-2,5-10,13,18,24H,3-4,11-12H2/t18-/m0/s1. The lowest BCUT2D eigenvalue weighted by atomic mass is 10.1. The maximum Gasteiger partial charge on any atom is 0.416 e. The number of aldehydes is 1. The van der Waals surface area contributed by atoms with E-state index in [0.29, 0.717) is 22.8 Å². The lowest BCUT2D eigenvalue weighted by molar-refractivity contribution is -0.137. The molecule has 10 heteroatoms.